The summed E-state index contributed by atoms with van der Waals surface area (Å²) < 4.78 is 13.8. The van der Waals surface area contributed by atoms with Gasteiger partial charge in [0.1, 0.15) is 17.2 Å². The van der Waals surface area contributed by atoms with E-state index in [2.05, 4.69) is 21.8 Å². The number of fused-ring (bicyclic) bond motifs is 1. The molecule has 9 heteroatoms. The van der Waals surface area contributed by atoms with Crippen LogP contribution in [0.2, 0.25) is 0 Å². The largest absolute Gasteiger partial charge is 0.496 e. The van der Waals surface area contributed by atoms with Crippen molar-refractivity contribution in [1.82, 2.24) is 20.1 Å². The molecule has 4 fully saturated rings. The molecule has 238 valence electrons. The van der Waals surface area contributed by atoms with E-state index in [9.17, 15) is 9.59 Å². The second-order valence-corrected chi connectivity index (χ2v) is 14.8. The van der Waals surface area contributed by atoms with Crippen molar-refractivity contribution in [2.45, 2.75) is 90.3 Å². The predicted octanol–water partition coefficient (Wildman–Crippen LogP) is 6.07. The molecule has 0 saturated heterocycles. The van der Waals surface area contributed by atoms with E-state index in [1.165, 1.54) is 38.5 Å². The van der Waals surface area contributed by atoms with Crippen LogP contribution in [0.4, 0.5) is 5.82 Å². The first-order valence-electron chi connectivity index (χ1n) is 16.4. The van der Waals surface area contributed by atoms with Crippen molar-refractivity contribution in [2.75, 3.05) is 25.6 Å². The van der Waals surface area contributed by atoms with Gasteiger partial charge in [0.15, 0.2) is 5.69 Å². The van der Waals surface area contributed by atoms with Crippen LogP contribution in [0.15, 0.2) is 30.5 Å². The first-order chi connectivity index (χ1) is 21.5. The van der Waals surface area contributed by atoms with Crippen molar-refractivity contribution >= 4 is 17.7 Å². The number of methoxy groups -OCH3 is 1. The van der Waals surface area contributed by atoms with Crippen LogP contribution in [0, 0.1) is 24.7 Å². The molecular formula is C36H45N5O4. The van der Waals surface area contributed by atoms with E-state index in [-0.39, 0.29) is 11.4 Å². The van der Waals surface area contributed by atoms with Crippen LogP contribution in [-0.2, 0) is 23.2 Å². The first kappa shape index (κ1) is 29.8. The summed E-state index contributed by atoms with van der Waals surface area (Å²) in [5, 5.41) is 7.78. The van der Waals surface area contributed by atoms with E-state index in [1.54, 1.807) is 14.2 Å². The Balaban J connectivity index is 1.27. The molecular weight excluding hydrogens is 566 g/mol. The van der Waals surface area contributed by atoms with Crippen LogP contribution in [-0.4, -0.2) is 52.9 Å². The van der Waals surface area contributed by atoms with Crippen LogP contribution < -0.4 is 15.0 Å². The highest BCUT2D eigenvalue weighted by Gasteiger charge is 2.53. The van der Waals surface area contributed by atoms with Crippen molar-refractivity contribution in [3.63, 3.8) is 0 Å². The number of hydrogen-bond acceptors (Lipinski definition) is 7. The number of anilines is 1. The highest BCUT2D eigenvalue weighted by Crippen LogP contribution is 2.59. The molecule has 3 aromatic rings. The second kappa shape index (κ2) is 10.9. The van der Waals surface area contributed by atoms with Gasteiger partial charge in [-0.2, -0.15) is 5.10 Å². The summed E-state index contributed by atoms with van der Waals surface area (Å²) in [6.07, 6.45) is 10.4. The van der Waals surface area contributed by atoms with Crippen molar-refractivity contribution in [3.8, 4) is 16.9 Å². The predicted molar refractivity (Wildman–Crippen MR) is 173 cm³/mol. The van der Waals surface area contributed by atoms with Crippen LogP contribution >= 0.6 is 0 Å². The van der Waals surface area contributed by atoms with E-state index < -0.39 is 11.6 Å². The summed E-state index contributed by atoms with van der Waals surface area (Å²) in [5.74, 6) is 3.27. The molecule has 1 aliphatic heterocycles. The van der Waals surface area contributed by atoms with Crippen molar-refractivity contribution < 1.29 is 19.1 Å². The van der Waals surface area contributed by atoms with Gasteiger partial charge in [-0.3, -0.25) is 9.48 Å². The Morgan fingerprint density at radius 3 is 2.29 bits per heavy atom. The first-order valence-corrected chi connectivity index (χ1v) is 16.4. The lowest BCUT2D eigenvalue weighted by atomic mass is 9.53. The SMILES string of the molecule is CNC(=O)c1ccc(OC)c2c1CN(c1ccc(-c3cnn(C45CC6CC(CC(C6)C4)C5)c3C)c(C(=O)OC(C)(C)C)n1)CC2. The van der Waals surface area contributed by atoms with Gasteiger partial charge >= 0.3 is 5.97 Å². The minimum absolute atomic E-state index is 0.0846. The third-order valence-corrected chi connectivity index (χ3v) is 10.6. The summed E-state index contributed by atoms with van der Waals surface area (Å²) in [5.41, 5.74) is 5.03. The Bertz CT molecular complexity index is 1630. The van der Waals surface area contributed by atoms with E-state index in [0.29, 0.717) is 36.6 Å². The Labute approximate surface area is 265 Å². The van der Waals surface area contributed by atoms with Crippen molar-refractivity contribution in [2.24, 2.45) is 17.8 Å². The average molecular weight is 612 g/mol. The van der Waals surface area contributed by atoms with Gasteiger partial charge in [0.2, 0.25) is 0 Å². The topological polar surface area (TPSA) is 98.6 Å². The van der Waals surface area contributed by atoms with Crippen LogP contribution in [0.5, 0.6) is 5.75 Å². The van der Waals surface area contributed by atoms with Crippen molar-refractivity contribution in [1.29, 1.82) is 0 Å². The number of nitrogens with one attached hydrogen (secondary N) is 1. The summed E-state index contributed by atoms with van der Waals surface area (Å²) in [6.45, 7) is 8.91. The highest BCUT2D eigenvalue weighted by atomic mass is 16.6. The Morgan fingerprint density at radius 1 is 0.978 bits per heavy atom. The number of hydrogen-bond donors (Lipinski definition) is 1. The van der Waals surface area contributed by atoms with E-state index in [4.69, 9.17) is 19.6 Å². The van der Waals surface area contributed by atoms with E-state index in [0.717, 1.165) is 51.5 Å². The lowest BCUT2D eigenvalue weighted by Crippen LogP contribution is -2.52. The lowest BCUT2D eigenvalue weighted by Gasteiger charge is -2.57. The van der Waals surface area contributed by atoms with Crippen LogP contribution in [0.1, 0.15) is 97.0 Å². The number of carbonyl (C=O) groups is 2. The number of nitrogens with zero attached hydrogens (tertiary/aromatic N) is 4. The fourth-order valence-corrected chi connectivity index (χ4v) is 9.18. The summed E-state index contributed by atoms with van der Waals surface area (Å²) in [6, 6.07) is 7.65. The molecule has 8 rings (SSSR count). The van der Waals surface area contributed by atoms with Crippen LogP contribution in [0.3, 0.4) is 0 Å². The smallest absolute Gasteiger partial charge is 0.358 e. The molecule has 45 heavy (non-hydrogen) atoms. The van der Waals surface area contributed by atoms with Crippen molar-refractivity contribution in [3.05, 3.63) is 58.5 Å². The molecule has 0 radical (unpaired) electrons. The lowest BCUT2D eigenvalue weighted by molar-refractivity contribution is -0.0503. The third kappa shape index (κ3) is 5.18. The molecule has 2 aromatic heterocycles. The monoisotopic (exact) mass is 611 g/mol. The number of rotatable bonds is 6. The molecule has 5 aliphatic rings. The molecule has 1 N–H and O–H groups in total. The molecule has 4 aliphatic carbocycles. The number of pyridine rings is 1. The summed E-state index contributed by atoms with van der Waals surface area (Å²) >= 11 is 0. The van der Waals surface area contributed by atoms with Gasteiger partial charge in [-0.15, -0.1) is 0 Å². The fourth-order valence-electron chi connectivity index (χ4n) is 9.18. The molecule has 0 spiro atoms. The maximum atomic E-state index is 13.8. The quantitative estimate of drug-likeness (QED) is 0.338. The Hall–Kier alpha value is -3.88. The van der Waals surface area contributed by atoms with Gasteiger partial charge in [-0.25, -0.2) is 9.78 Å². The minimum atomic E-state index is -0.673. The van der Waals surface area contributed by atoms with E-state index >= 15 is 0 Å². The maximum Gasteiger partial charge on any atom is 0.358 e. The average Bonchev–Trinajstić information content (AvgIpc) is 3.39. The Kier molecular flexibility index (Phi) is 7.21. The van der Waals surface area contributed by atoms with Gasteiger partial charge in [0.05, 0.1) is 18.8 Å². The highest BCUT2D eigenvalue weighted by molar-refractivity contribution is 5.97. The van der Waals surface area contributed by atoms with Crippen LogP contribution in [0.25, 0.3) is 11.1 Å². The zero-order chi connectivity index (χ0) is 31.7. The Morgan fingerprint density at radius 2 is 1.67 bits per heavy atom. The fraction of sp³-hybridized carbons (Fsp3) is 0.556. The maximum absolute atomic E-state index is 13.8. The van der Waals surface area contributed by atoms with Gasteiger partial charge in [0.25, 0.3) is 5.91 Å². The molecule has 1 amide bonds. The van der Waals surface area contributed by atoms with Gasteiger partial charge in [-0.1, -0.05) is 0 Å². The zero-order valence-electron chi connectivity index (χ0n) is 27.4. The normalized spacial score (nSPS) is 25.2. The number of ether oxygens (including phenoxy) is 2. The van der Waals surface area contributed by atoms with Gasteiger partial charge < -0.3 is 19.7 Å². The van der Waals surface area contributed by atoms with E-state index in [1.807, 2.05) is 51.2 Å². The zero-order valence-corrected chi connectivity index (χ0v) is 27.4. The summed E-state index contributed by atoms with van der Waals surface area (Å²) in [4.78, 5) is 33.7. The second-order valence-electron chi connectivity index (χ2n) is 14.8. The number of aromatic nitrogens is 3. The molecule has 4 bridgehead atoms. The summed E-state index contributed by atoms with van der Waals surface area (Å²) in [7, 11) is 3.29. The molecule has 9 nitrogen and oxygen atoms in total. The number of carbonyl (C=O) groups excluding carboxylic acids is 2. The number of benzene rings is 1. The van der Waals surface area contributed by atoms with Gasteiger partial charge in [-0.05, 0) is 120 Å². The number of amides is 1. The minimum Gasteiger partial charge on any atom is -0.496 e. The molecule has 0 unspecified atom stereocenters. The molecule has 3 heterocycles. The standard InChI is InChI=1S/C36H45N5O4/c1-21-28(19-38-41(21)36-16-22-13-23(17-36)15-24(14-22)18-36)26-8-10-31(39-32(26)34(43)45-35(2,3)4)40-12-11-25-29(20-40)27(33(42)37-5)7-9-30(25)44-6/h7-10,19,22-24H,11-18,20H2,1-6H3,(H,37,42). The molecule has 0 atom stereocenters. The molecule has 4 saturated carbocycles. The van der Waals surface area contributed by atoms with Gasteiger partial charge in [0, 0.05) is 48.1 Å². The molecule has 1 aromatic carbocycles. The third-order valence-electron chi connectivity index (χ3n) is 10.6. The number of esters is 1.